The fourth-order valence-corrected chi connectivity index (χ4v) is 2.84. The monoisotopic (exact) mass is 272 g/mol. The molecule has 0 fully saturated rings. The summed E-state index contributed by atoms with van der Waals surface area (Å²) < 4.78 is 22.4. The van der Waals surface area contributed by atoms with E-state index in [2.05, 4.69) is 0 Å². The Labute approximate surface area is 110 Å². The van der Waals surface area contributed by atoms with Crippen molar-refractivity contribution in [1.29, 1.82) is 10.5 Å². The molecule has 0 aliphatic rings. The van der Waals surface area contributed by atoms with Gasteiger partial charge >= 0.3 is 8.25 Å². The lowest BCUT2D eigenvalue weighted by molar-refractivity contribution is 0.0548. The van der Waals surface area contributed by atoms with E-state index >= 15 is 0 Å². The predicted octanol–water partition coefficient (Wildman–Crippen LogP) is 3.57. The first-order chi connectivity index (χ1) is 8.46. The molecule has 0 spiro atoms. The van der Waals surface area contributed by atoms with Gasteiger partial charge in [-0.1, -0.05) is 27.7 Å². The van der Waals surface area contributed by atoms with E-state index in [4.69, 9.17) is 19.6 Å². The first kappa shape index (κ1) is 17.1. The highest BCUT2D eigenvalue weighted by Gasteiger charge is 2.34. The molecule has 0 bridgehead atoms. The number of hydrogen-bond donors (Lipinski definition) is 0. The topological polar surface area (TPSA) is 83.1 Å². The summed E-state index contributed by atoms with van der Waals surface area (Å²) in [5.41, 5.74) is -2.17. The van der Waals surface area contributed by atoms with E-state index in [0.717, 1.165) is 0 Å². The predicted molar refractivity (Wildman–Crippen MR) is 69.0 cm³/mol. The normalized spacial score (nSPS) is 12.2. The van der Waals surface area contributed by atoms with Gasteiger partial charge in [0.2, 0.25) is 0 Å². The second-order valence-corrected chi connectivity index (χ2v) is 4.99. The third kappa shape index (κ3) is 4.10. The van der Waals surface area contributed by atoms with Crippen LogP contribution >= 0.6 is 8.25 Å². The highest BCUT2D eigenvalue weighted by molar-refractivity contribution is 7.33. The minimum atomic E-state index is -2.87. The van der Waals surface area contributed by atoms with Crippen molar-refractivity contribution in [3.63, 3.8) is 0 Å². The summed E-state index contributed by atoms with van der Waals surface area (Å²) in [6.45, 7) is 7.16. The summed E-state index contributed by atoms with van der Waals surface area (Å²) in [6.07, 6.45) is 1.71. The Morgan fingerprint density at radius 1 is 0.889 bits per heavy atom. The summed E-state index contributed by atoms with van der Waals surface area (Å²) in [4.78, 5) is 0. The van der Waals surface area contributed by atoms with Crippen LogP contribution in [-0.4, -0.2) is 11.2 Å². The number of rotatable bonds is 8. The van der Waals surface area contributed by atoms with Gasteiger partial charge in [0.1, 0.15) is 0 Å². The van der Waals surface area contributed by atoms with E-state index in [9.17, 15) is 4.57 Å². The largest absolute Gasteiger partial charge is 0.322 e. The van der Waals surface area contributed by atoms with Crippen LogP contribution in [0, 0.1) is 22.7 Å². The van der Waals surface area contributed by atoms with Crippen LogP contribution in [0.1, 0.15) is 53.4 Å². The third-order valence-corrected chi connectivity index (χ3v) is 4.36. The molecule has 0 amide bonds. The summed E-state index contributed by atoms with van der Waals surface area (Å²) >= 11 is 0. The maximum Gasteiger partial charge on any atom is 0.322 e. The molecule has 0 heterocycles. The zero-order chi connectivity index (χ0) is 14.2. The lowest BCUT2D eigenvalue weighted by atomic mass is 10.0. The zero-order valence-electron chi connectivity index (χ0n) is 11.4. The van der Waals surface area contributed by atoms with E-state index in [1.807, 2.05) is 12.1 Å². The molecular formula is C12H21N2O3P. The second kappa shape index (κ2) is 7.54. The van der Waals surface area contributed by atoms with E-state index in [1.54, 1.807) is 27.7 Å². The van der Waals surface area contributed by atoms with Crippen LogP contribution in [0.5, 0.6) is 0 Å². The average Bonchev–Trinajstić information content (AvgIpc) is 2.42. The Bertz CT molecular complexity index is 328. The molecule has 6 heteroatoms. The molecule has 0 radical (unpaired) electrons. The van der Waals surface area contributed by atoms with Crippen molar-refractivity contribution in [3.8, 4) is 12.1 Å². The molecular weight excluding hydrogens is 251 g/mol. The van der Waals surface area contributed by atoms with Crippen LogP contribution in [0.25, 0.3) is 0 Å². The summed E-state index contributed by atoms with van der Waals surface area (Å²) in [5, 5.41) is 18.2. The Morgan fingerprint density at radius 2 is 1.17 bits per heavy atom. The van der Waals surface area contributed by atoms with Gasteiger partial charge in [-0.2, -0.15) is 10.5 Å². The van der Waals surface area contributed by atoms with Crippen molar-refractivity contribution in [3.05, 3.63) is 0 Å². The molecule has 102 valence electrons. The molecule has 0 aromatic carbocycles. The van der Waals surface area contributed by atoms with Gasteiger partial charge in [-0.15, -0.1) is 0 Å². The average molecular weight is 272 g/mol. The van der Waals surface area contributed by atoms with Crippen LogP contribution in [0.15, 0.2) is 0 Å². The third-order valence-electron chi connectivity index (χ3n) is 3.25. The van der Waals surface area contributed by atoms with Gasteiger partial charge in [-0.25, -0.2) is 0 Å². The van der Waals surface area contributed by atoms with Gasteiger partial charge in [0.15, 0.2) is 11.2 Å². The molecule has 5 nitrogen and oxygen atoms in total. The summed E-state index contributed by atoms with van der Waals surface area (Å²) in [7, 11) is -2.87. The van der Waals surface area contributed by atoms with Gasteiger partial charge in [0, 0.05) is 0 Å². The van der Waals surface area contributed by atoms with Gasteiger partial charge < -0.3 is 0 Å². The van der Waals surface area contributed by atoms with E-state index in [1.165, 1.54) is 0 Å². The van der Waals surface area contributed by atoms with Crippen molar-refractivity contribution < 1.29 is 13.6 Å². The van der Waals surface area contributed by atoms with Crippen molar-refractivity contribution in [1.82, 2.24) is 0 Å². The first-order valence-corrected chi connectivity index (χ1v) is 7.44. The first-order valence-electron chi connectivity index (χ1n) is 6.21. The van der Waals surface area contributed by atoms with E-state index in [-0.39, 0.29) is 0 Å². The van der Waals surface area contributed by atoms with Crippen LogP contribution in [-0.2, 0) is 13.6 Å². The molecule has 18 heavy (non-hydrogen) atoms. The van der Waals surface area contributed by atoms with E-state index < -0.39 is 19.5 Å². The van der Waals surface area contributed by atoms with Crippen molar-refractivity contribution in [2.24, 2.45) is 0 Å². The molecule has 0 aliphatic heterocycles. The molecule has 0 atom stereocenters. The molecule has 0 N–H and O–H groups in total. The number of hydrogen-bond acceptors (Lipinski definition) is 5. The fourth-order valence-electron chi connectivity index (χ4n) is 1.49. The number of nitriles is 2. The Kier molecular flexibility index (Phi) is 7.18. The minimum Gasteiger partial charge on any atom is -0.289 e. The van der Waals surface area contributed by atoms with Gasteiger partial charge in [0.05, 0.1) is 12.1 Å². The molecule has 0 aromatic heterocycles. The van der Waals surface area contributed by atoms with Crippen LogP contribution in [0.3, 0.4) is 0 Å². The lowest BCUT2D eigenvalue weighted by Crippen LogP contribution is -2.30. The van der Waals surface area contributed by atoms with Gasteiger partial charge in [0.25, 0.3) is 0 Å². The maximum absolute atomic E-state index is 11.9. The molecule has 0 aliphatic carbocycles. The SMILES string of the molecule is CCC(C#N)(CC)O[PH](=O)OC(C#N)(CC)CC. The fraction of sp³-hybridized carbons (Fsp3) is 0.833. The highest BCUT2D eigenvalue weighted by atomic mass is 31.1. The van der Waals surface area contributed by atoms with Gasteiger partial charge in [-0.05, 0) is 25.7 Å². The molecule has 0 aromatic rings. The Hall–Kier alpha value is -0.870. The second-order valence-electron chi connectivity index (χ2n) is 4.08. The molecule has 0 saturated heterocycles. The van der Waals surface area contributed by atoms with E-state index in [0.29, 0.717) is 25.7 Å². The summed E-state index contributed by atoms with van der Waals surface area (Å²) in [6, 6.07) is 4.05. The maximum atomic E-state index is 11.9. The minimum absolute atomic E-state index is 0.428. The standard InChI is InChI=1S/C12H21N2O3P/c1-5-11(6-2,9-13)16-18(15)17-12(7-3,8-4)10-14/h18H,5-8H2,1-4H3. The highest BCUT2D eigenvalue weighted by Crippen LogP contribution is 2.40. The number of nitrogens with zero attached hydrogens (tertiary/aromatic N) is 2. The van der Waals surface area contributed by atoms with Crippen molar-refractivity contribution >= 4 is 8.25 Å². The van der Waals surface area contributed by atoms with Crippen LogP contribution in [0.4, 0.5) is 0 Å². The molecule has 0 unspecified atom stereocenters. The summed E-state index contributed by atoms with van der Waals surface area (Å²) in [5.74, 6) is 0. The van der Waals surface area contributed by atoms with Gasteiger partial charge in [-0.3, -0.25) is 13.6 Å². The quantitative estimate of drug-likeness (QED) is 0.630. The lowest BCUT2D eigenvalue weighted by Gasteiger charge is -2.27. The smallest absolute Gasteiger partial charge is 0.289 e. The van der Waals surface area contributed by atoms with Crippen molar-refractivity contribution in [2.75, 3.05) is 0 Å². The molecule has 0 rings (SSSR count). The Morgan fingerprint density at radius 3 is 1.33 bits per heavy atom. The Balaban J connectivity index is 4.81. The zero-order valence-corrected chi connectivity index (χ0v) is 12.4. The van der Waals surface area contributed by atoms with Crippen molar-refractivity contribution in [2.45, 2.75) is 64.6 Å². The van der Waals surface area contributed by atoms with Crippen LogP contribution in [0.2, 0.25) is 0 Å². The van der Waals surface area contributed by atoms with Crippen LogP contribution < -0.4 is 0 Å². The molecule has 0 saturated carbocycles.